The molecule has 4 aliphatic carbocycles. The minimum Gasteiger partial charge on any atom is -0.468 e. The van der Waals surface area contributed by atoms with Gasteiger partial charge in [-0.1, -0.05) is 32.9 Å². The normalized spacial score (nSPS) is 33.6. The van der Waals surface area contributed by atoms with Crippen molar-refractivity contribution in [2.45, 2.75) is 71.1 Å². The zero-order chi connectivity index (χ0) is 17.5. The lowest BCUT2D eigenvalue weighted by Crippen LogP contribution is -2.48. The Morgan fingerprint density at radius 2 is 1.52 bits per heavy atom. The quantitative estimate of drug-likeness (QED) is 0.451. The molecule has 4 bridgehead atoms. The summed E-state index contributed by atoms with van der Waals surface area (Å²) in [5, 5.41) is 0. The smallest absolute Gasteiger partial charge is 0.189 e. The third-order valence-electron chi connectivity index (χ3n) is 7.40. The van der Waals surface area contributed by atoms with Gasteiger partial charge in [-0.15, -0.1) is 0 Å². The van der Waals surface area contributed by atoms with Crippen molar-refractivity contribution >= 4 is 0 Å². The van der Waals surface area contributed by atoms with E-state index in [0.29, 0.717) is 12.2 Å². The molecule has 0 N–H and O–H groups in total. The first-order valence-corrected chi connectivity index (χ1v) is 10.3. The lowest BCUT2D eigenvalue weighted by atomic mass is 9.50. The summed E-state index contributed by atoms with van der Waals surface area (Å²) in [5.41, 5.74) is 2.08. The van der Waals surface area contributed by atoms with Crippen LogP contribution in [0.5, 0.6) is 5.75 Å². The zero-order valence-corrected chi connectivity index (χ0v) is 16.2. The molecule has 4 fully saturated rings. The Bertz CT molecular complexity index is 551. The first-order chi connectivity index (χ1) is 12.0. The van der Waals surface area contributed by atoms with Gasteiger partial charge < -0.3 is 9.47 Å². The van der Waals surface area contributed by atoms with Crippen LogP contribution in [0.4, 0.5) is 0 Å². The number of hydrogen-bond acceptors (Lipinski definition) is 2. The monoisotopic (exact) mass is 342 g/mol. The van der Waals surface area contributed by atoms with Gasteiger partial charge >= 0.3 is 0 Å². The Morgan fingerprint density at radius 1 is 0.960 bits per heavy atom. The molecule has 0 atom stereocenters. The van der Waals surface area contributed by atoms with Crippen molar-refractivity contribution in [3.05, 3.63) is 29.8 Å². The molecule has 0 radical (unpaired) electrons. The Hall–Kier alpha value is -1.02. The summed E-state index contributed by atoms with van der Waals surface area (Å²) >= 11 is 0. The molecule has 0 aliphatic heterocycles. The first-order valence-electron chi connectivity index (χ1n) is 10.3. The molecule has 2 heteroatoms. The molecule has 4 saturated carbocycles. The SMILES string of the molecule is CCC(C)(C)c1ccc(OCOCC23CC4CC(CC(C4)C2)C3)cc1. The van der Waals surface area contributed by atoms with Gasteiger partial charge in [-0.3, -0.25) is 0 Å². The van der Waals surface area contributed by atoms with Crippen LogP contribution in [-0.2, 0) is 10.2 Å². The maximum atomic E-state index is 6.02. The van der Waals surface area contributed by atoms with Crippen LogP contribution in [-0.4, -0.2) is 13.4 Å². The third kappa shape index (κ3) is 3.60. The van der Waals surface area contributed by atoms with Gasteiger partial charge in [-0.05, 0) is 91.2 Å². The average molecular weight is 343 g/mol. The maximum Gasteiger partial charge on any atom is 0.189 e. The number of benzene rings is 1. The van der Waals surface area contributed by atoms with E-state index in [1.54, 1.807) is 0 Å². The molecule has 0 heterocycles. The van der Waals surface area contributed by atoms with Gasteiger partial charge in [0.2, 0.25) is 0 Å². The van der Waals surface area contributed by atoms with Crippen LogP contribution in [0.25, 0.3) is 0 Å². The highest BCUT2D eigenvalue weighted by Gasteiger charge is 2.50. The van der Waals surface area contributed by atoms with E-state index in [1.165, 1.54) is 44.1 Å². The summed E-state index contributed by atoms with van der Waals surface area (Å²) in [7, 11) is 0. The van der Waals surface area contributed by atoms with Crippen molar-refractivity contribution in [3.8, 4) is 5.75 Å². The fourth-order valence-corrected chi connectivity index (χ4v) is 6.04. The lowest BCUT2D eigenvalue weighted by molar-refractivity contribution is -0.116. The Morgan fingerprint density at radius 3 is 2.04 bits per heavy atom. The maximum absolute atomic E-state index is 6.02. The van der Waals surface area contributed by atoms with E-state index < -0.39 is 0 Å². The summed E-state index contributed by atoms with van der Waals surface area (Å²) in [4.78, 5) is 0. The largest absolute Gasteiger partial charge is 0.468 e. The fraction of sp³-hybridized carbons (Fsp3) is 0.739. The van der Waals surface area contributed by atoms with Gasteiger partial charge in [0.1, 0.15) is 5.75 Å². The van der Waals surface area contributed by atoms with Crippen LogP contribution in [0.1, 0.15) is 71.3 Å². The van der Waals surface area contributed by atoms with E-state index >= 15 is 0 Å². The van der Waals surface area contributed by atoms with Crippen molar-refractivity contribution in [1.82, 2.24) is 0 Å². The molecule has 0 saturated heterocycles. The molecule has 138 valence electrons. The third-order valence-corrected chi connectivity index (χ3v) is 7.40. The minimum atomic E-state index is 0.230. The summed E-state index contributed by atoms with van der Waals surface area (Å²) in [6.45, 7) is 8.10. The van der Waals surface area contributed by atoms with Crippen LogP contribution < -0.4 is 4.74 Å². The number of rotatable bonds is 7. The highest BCUT2D eigenvalue weighted by Crippen LogP contribution is 2.60. The Balaban J connectivity index is 1.26. The average Bonchev–Trinajstić information content (AvgIpc) is 2.58. The van der Waals surface area contributed by atoms with E-state index in [2.05, 4.69) is 45.0 Å². The summed E-state index contributed by atoms with van der Waals surface area (Å²) < 4.78 is 11.9. The van der Waals surface area contributed by atoms with Crippen molar-refractivity contribution in [2.24, 2.45) is 23.2 Å². The molecule has 0 aromatic heterocycles. The lowest BCUT2D eigenvalue weighted by Gasteiger charge is -2.56. The Kier molecular flexibility index (Phi) is 4.60. The van der Waals surface area contributed by atoms with Gasteiger partial charge in [0.05, 0.1) is 6.61 Å². The number of hydrogen-bond donors (Lipinski definition) is 0. The highest BCUT2D eigenvalue weighted by molar-refractivity contribution is 5.31. The van der Waals surface area contributed by atoms with E-state index in [1.807, 2.05) is 0 Å². The Labute approximate surface area is 153 Å². The van der Waals surface area contributed by atoms with Gasteiger partial charge in [0, 0.05) is 0 Å². The summed E-state index contributed by atoms with van der Waals surface area (Å²) in [5.74, 6) is 3.89. The molecular weight excluding hydrogens is 308 g/mol. The van der Waals surface area contributed by atoms with Crippen LogP contribution in [0, 0.1) is 23.2 Å². The van der Waals surface area contributed by atoms with Gasteiger partial charge in [0.15, 0.2) is 6.79 Å². The van der Waals surface area contributed by atoms with Gasteiger partial charge in [-0.25, -0.2) is 0 Å². The molecule has 5 rings (SSSR count). The first kappa shape index (κ1) is 17.4. The van der Waals surface area contributed by atoms with Crippen molar-refractivity contribution in [2.75, 3.05) is 13.4 Å². The number of ether oxygens (including phenoxy) is 2. The van der Waals surface area contributed by atoms with Crippen LogP contribution in [0.2, 0.25) is 0 Å². The summed E-state index contributed by atoms with van der Waals surface area (Å²) in [6.07, 6.45) is 9.84. The molecule has 25 heavy (non-hydrogen) atoms. The molecule has 1 aromatic carbocycles. The van der Waals surface area contributed by atoms with Crippen LogP contribution in [0.3, 0.4) is 0 Å². The molecule has 0 unspecified atom stereocenters. The van der Waals surface area contributed by atoms with E-state index in [-0.39, 0.29) is 5.41 Å². The van der Waals surface area contributed by atoms with Crippen LogP contribution >= 0.6 is 0 Å². The van der Waals surface area contributed by atoms with Gasteiger partial charge in [-0.2, -0.15) is 0 Å². The predicted molar refractivity (Wildman–Crippen MR) is 102 cm³/mol. The minimum absolute atomic E-state index is 0.230. The molecular formula is C23H34O2. The fourth-order valence-electron chi connectivity index (χ4n) is 6.04. The second kappa shape index (κ2) is 6.61. The standard InChI is InChI=1S/C23H34O2/c1-4-22(2,3)20-5-7-21(8-6-20)25-16-24-15-23-12-17-9-18(13-23)11-19(10-17)14-23/h5-8,17-19H,4,9-16H2,1-3H3. The zero-order valence-electron chi connectivity index (χ0n) is 16.2. The predicted octanol–water partition coefficient (Wildman–Crippen LogP) is 5.94. The van der Waals surface area contributed by atoms with Crippen molar-refractivity contribution in [3.63, 3.8) is 0 Å². The van der Waals surface area contributed by atoms with E-state index in [9.17, 15) is 0 Å². The van der Waals surface area contributed by atoms with Gasteiger partial charge in [0.25, 0.3) is 0 Å². The van der Waals surface area contributed by atoms with Crippen LogP contribution in [0.15, 0.2) is 24.3 Å². The molecule has 1 aromatic rings. The molecule has 0 spiro atoms. The summed E-state index contributed by atoms with van der Waals surface area (Å²) in [6, 6.07) is 8.55. The second-order valence-electron chi connectivity index (χ2n) is 9.79. The second-order valence-corrected chi connectivity index (χ2v) is 9.79. The van der Waals surface area contributed by atoms with E-state index in [4.69, 9.17) is 9.47 Å². The van der Waals surface area contributed by atoms with Crippen molar-refractivity contribution < 1.29 is 9.47 Å². The molecule has 0 amide bonds. The molecule has 4 aliphatic rings. The van der Waals surface area contributed by atoms with E-state index in [0.717, 1.165) is 36.5 Å². The topological polar surface area (TPSA) is 18.5 Å². The highest BCUT2D eigenvalue weighted by atomic mass is 16.7. The van der Waals surface area contributed by atoms with Crippen molar-refractivity contribution in [1.29, 1.82) is 0 Å². The molecule has 2 nitrogen and oxygen atoms in total.